The summed E-state index contributed by atoms with van der Waals surface area (Å²) in [4.78, 5) is 49.4. The summed E-state index contributed by atoms with van der Waals surface area (Å²) in [5.74, 6) is -1.81. The normalized spacial score (nSPS) is 24.3. The van der Waals surface area contributed by atoms with Gasteiger partial charge in [-0.05, 0) is 43.9 Å². The molecular weight excluding hydrogens is 518 g/mol. The minimum atomic E-state index is -3.02. The molecule has 2 atom stereocenters. The predicted octanol–water partition coefficient (Wildman–Crippen LogP) is 2.77. The highest BCUT2D eigenvalue weighted by molar-refractivity contribution is 6.02. The topological polar surface area (TPSA) is 150 Å². The summed E-state index contributed by atoms with van der Waals surface area (Å²) >= 11 is 0. The highest BCUT2D eigenvalue weighted by Crippen LogP contribution is 2.37. The maximum absolute atomic E-state index is 13.6. The third-order valence-corrected chi connectivity index (χ3v) is 7.95. The number of quaternary nitrogens is 1. The second kappa shape index (κ2) is 10.5. The van der Waals surface area contributed by atoms with E-state index in [4.69, 9.17) is 0 Å². The summed E-state index contributed by atoms with van der Waals surface area (Å²) in [6.45, 7) is 1.93. The molecule has 1 aromatic carbocycles. The van der Waals surface area contributed by atoms with E-state index in [1.807, 2.05) is 6.07 Å². The number of imide groups is 1. The molecule has 0 aliphatic carbocycles. The number of rotatable bonds is 8. The van der Waals surface area contributed by atoms with Crippen molar-refractivity contribution in [3.05, 3.63) is 62.1 Å². The molecule has 14 heteroatoms. The van der Waals surface area contributed by atoms with Gasteiger partial charge in [0.05, 0.1) is 16.5 Å². The van der Waals surface area contributed by atoms with Crippen molar-refractivity contribution in [3.8, 4) is 0 Å². The molecule has 39 heavy (non-hydrogen) atoms. The summed E-state index contributed by atoms with van der Waals surface area (Å²) in [7, 11) is 0. The van der Waals surface area contributed by atoms with Gasteiger partial charge in [0.25, 0.3) is 12.3 Å². The number of hydroxylamine groups is 3. The van der Waals surface area contributed by atoms with Crippen LogP contribution in [0.4, 0.5) is 14.5 Å². The number of aryl methyl sites for hydroxylation is 1. The third-order valence-electron chi connectivity index (χ3n) is 7.95. The highest BCUT2D eigenvalue weighted by Gasteiger charge is 2.49. The lowest BCUT2D eigenvalue weighted by Gasteiger charge is -2.42. The van der Waals surface area contributed by atoms with Crippen LogP contribution in [0.1, 0.15) is 71.8 Å². The van der Waals surface area contributed by atoms with E-state index in [1.54, 1.807) is 12.1 Å². The van der Waals surface area contributed by atoms with Gasteiger partial charge >= 0.3 is 11.6 Å². The number of nitrogens with zero attached hydrogens (tertiary/aromatic N) is 5. The zero-order chi connectivity index (χ0) is 27.9. The Kier molecular flexibility index (Phi) is 7.27. The number of piperidine rings is 2. The molecule has 208 valence electrons. The lowest BCUT2D eigenvalue weighted by Crippen LogP contribution is -2.60. The lowest BCUT2D eigenvalue weighted by atomic mass is 9.99. The van der Waals surface area contributed by atoms with Crippen molar-refractivity contribution in [3.63, 3.8) is 0 Å². The molecule has 1 N–H and O–H groups in total. The van der Waals surface area contributed by atoms with Gasteiger partial charge in [-0.2, -0.15) is 5.10 Å². The largest absolute Gasteiger partial charge is 0.624 e. The number of hydrogen-bond acceptors (Lipinski definition) is 8. The predicted molar refractivity (Wildman–Crippen MR) is 131 cm³/mol. The molecule has 2 saturated heterocycles. The molecule has 2 unspecified atom stereocenters. The maximum atomic E-state index is 13.6. The molecule has 0 saturated carbocycles. The second-order valence-corrected chi connectivity index (χ2v) is 10.3. The van der Waals surface area contributed by atoms with Gasteiger partial charge in [0, 0.05) is 31.5 Å². The summed E-state index contributed by atoms with van der Waals surface area (Å²) < 4.78 is 26.2. The molecule has 0 radical (unpaired) electrons. The van der Waals surface area contributed by atoms with Crippen LogP contribution in [0.2, 0.25) is 0 Å². The van der Waals surface area contributed by atoms with E-state index in [2.05, 4.69) is 15.3 Å². The summed E-state index contributed by atoms with van der Waals surface area (Å²) in [6, 6.07) is 3.86. The first kappa shape index (κ1) is 27.0. The first-order chi connectivity index (χ1) is 18.6. The van der Waals surface area contributed by atoms with Gasteiger partial charge in [0.15, 0.2) is 6.04 Å². The van der Waals surface area contributed by atoms with E-state index >= 15 is 0 Å². The summed E-state index contributed by atoms with van der Waals surface area (Å²) in [5, 5.41) is 30.6. The molecule has 0 bridgehead atoms. The van der Waals surface area contributed by atoms with Gasteiger partial charge in [-0.1, -0.05) is 12.1 Å². The minimum absolute atomic E-state index is 0.0243. The molecule has 3 amide bonds. The van der Waals surface area contributed by atoms with Crippen LogP contribution in [-0.2, 0) is 22.6 Å². The van der Waals surface area contributed by atoms with Gasteiger partial charge in [-0.15, -0.1) is 0 Å². The smallest absolute Gasteiger partial charge is 0.347 e. The number of halogens is 2. The Morgan fingerprint density at radius 2 is 1.92 bits per heavy atom. The molecular formula is C25H28F2N6O6. The molecule has 2 fully saturated rings. The Balaban J connectivity index is 1.17. The lowest BCUT2D eigenvalue weighted by molar-refractivity contribution is -0.825. The van der Waals surface area contributed by atoms with E-state index in [1.165, 1.54) is 4.68 Å². The monoisotopic (exact) mass is 546 g/mol. The van der Waals surface area contributed by atoms with Gasteiger partial charge < -0.3 is 10.1 Å². The SMILES string of the molecule is O=C1CCC([N+]2([O-])Cc3c(CCCN4CCC(n5cc([N+](=O)[O-])c(C(F)F)n5)CC4)cccc3C2=O)C(=O)N1. The van der Waals surface area contributed by atoms with Crippen LogP contribution >= 0.6 is 0 Å². The molecule has 3 aliphatic heterocycles. The van der Waals surface area contributed by atoms with Crippen molar-refractivity contribution < 1.29 is 32.7 Å². The van der Waals surface area contributed by atoms with Crippen LogP contribution in [-0.4, -0.2) is 67.6 Å². The van der Waals surface area contributed by atoms with Crippen LogP contribution in [0.3, 0.4) is 0 Å². The zero-order valence-corrected chi connectivity index (χ0v) is 21.1. The minimum Gasteiger partial charge on any atom is -0.624 e. The van der Waals surface area contributed by atoms with E-state index in [9.17, 15) is 38.5 Å². The van der Waals surface area contributed by atoms with E-state index in [0.29, 0.717) is 43.5 Å². The number of carbonyl (C=O) groups is 3. The molecule has 5 rings (SSSR count). The number of benzene rings is 1. The Labute approximate surface area is 221 Å². The zero-order valence-electron chi connectivity index (χ0n) is 21.1. The van der Waals surface area contributed by atoms with Gasteiger partial charge in [0.2, 0.25) is 11.6 Å². The summed E-state index contributed by atoms with van der Waals surface area (Å²) in [6.07, 6.45) is 0.714. The van der Waals surface area contributed by atoms with E-state index < -0.39 is 51.1 Å². The number of aromatic nitrogens is 2. The molecule has 3 aliphatic rings. The van der Waals surface area contributed by atoms with Crippen LogP contribution in [0, 0.1) is 15.3 Å². The number of fused-ring (bicyclic) bond motifs is 1. The molecule has 1 aromatic heterocycles. The van der Waals surface area contributed by atoms with Crippen LogP contribution < -0.4 is 5.32 Å². The molecule has 12 nitrogen and oxygen atoms in total. The third kappa shape index (κ3) is 5.06. The van der Waals surface area contributed by atoms with Crippen molar-refractivity contribution in [1.29, 1.82) is 0 Å². The Hall–Kier alpha value is -3.62. The van der Waals surface area contributed by atoms with Crippen LogP contribution in [0.5, 0.6) is 0 Å². The van der Waals surface area contributed by atoms with Crippen molar-refractivity contribution in [2.75, 3.05) is 19.6 Å². The van der Waals surface area contributed by atoms with Gasteiger partial charge in [-0.3, -0.25) is 34.3 Å². The Bertz CT molecular complexity index is 1320. The Morgan fingerprint density at radius 3 is 2.56 bits per heavy atom. The number of nitro groups is 1. The fourth-order valence-electron chi connectivity index (χ4n) is 5.88. The van der Waals surface area contributed by atoms with Crippen molar-refractivity contribution in [1.82, 2.24) is 20.0 Å². The fourth-order valence-corrected chi connectivity index (χ4v) is 5.88. The van der Waals surface area contributed by atoms with Crippen molar-refractivity contribution in [2.45, 2.75) is 63.6 Å². The number of nitrogens with one attached hydrogen (secondary N) is 1. The molecule has 0 spiro atoms. The van der Waals surface area contributed by atoms with Crippen molar-refractivity contribution in [2.24, 2.45) is 0 Å². The number of alkyl halides is 2. The first-order valence-corrected chi connectivity index (χ1v) is 12.9. The quantitative estimate of drug-likeness (QED) is 0.175. The number of amides is 3. The average molecular weight is 547 g/mol. The average Bonchev–Trinajstić information content (AvgIpc) is 3.46. The molecule has 4 heterocycles. The number of carbonyl (C=O) groups excluding carboxylic acids is 3. The van der Waals surface area contributed by atoms with E-state index in [0.717, 1.165) is 24.7 Å². The molecule has 2 aromatic rings. The van der Waals surface area contributed by atoms with Gasteiger partial charge in [0.1, 0.15) is 12.7 Å². The maximum Gasteiger partial charge on any atom is 0.347 e. The summed E-state index contributed by atoms with van der Waals surface area (Å²) in [5.41, 5.74) is 0.372. The highest BCUT2D eigenvalue weighted by atomic mass is 19.3. The van der Waals surface area contributed by atoms with Crippen LogP contribution in [0.15, 0.2) is 24.4 Å². The number of likely N-dealkylation sites (tertiary alicyclic amines) is 1. The van der Waals surface area contributed by atoms with Crippen molar-refractivity contribution >= 4 is 23.4 Å². The fraction of sp³-hybridized carbons (Fsp3) is 0.520. The second-order valence-electron chi connectivity index (χ2n) is 10.3. The van der Waals surface area contributed by atoms with Gasteiger partial charge in [-0.25, -0.2) is 13.6 Å². The van der Waals surface area contributed by atoms with Crippen LogP contribution in [0.25, 0.3) is 0 Å². The Morgan fingerprint density at radius 1 is 1.18 bits per heavy atom. The number of hydrogen-bond donors (Lipinski definition) is 1. The van der Waals surface area contributed by atoms with E-state index in [-0.39, 0.29) is 25.4 Å². The standard InChI is InChI=1S/C25H28F2N6O6/c26-23(27)22-19(32(37)38)13-31(29-22)16-8-11-30(12-9-16)10-2-4-15-3-1-5-17-18(15)14-33(39,25(17)36)20-6-7-21(34)28-24(20)35/h1,3,5,13,16,20,23H,2,4,6-12,14H2,(H,28,34,35). The first-order valence-electron chi connectivity index (χ1n) is 12.9.